The predicted octanol–water partition coefficient (Wildman–Crippen LogP) is 7.24. The van der Waals surface area contributed by atoms with Crippen LogP contribution in [0.15, 0.2) is 30.3 Å². The van der Waals surface area contributed by atoms with Crippen molar-refractivity contribution in [3.05, 3.63) is 46.5 Å². The molecule has 9 heteroatoms. The van der Waals surface area contributed by atoms with Crippen LogP contribution in [0.4, 0.5) is 24.8 Å². The molecule has 0 fully saturated rings. The van der Waals surface area contributed by atoms with Crippen molar-refractivity contribution in [2.75, 3.05) is 11.4 Å². The molecule has 3 aromatic rings. The van der Waals surface area contributed by atoms with Crippen LogP contribution in [0.2, 0.25) is 5.02 Å². The number of nitrogens with zero attached hydrogens (tertiary/aromatic N) is 3. The SMILES string of the molecule is CCC(CC)c1ccc(Cl)c2nc3n(c12)CCCCN3c1ccc(OC(F)(F)F)cc1C=O. The van der Waals surface area contributed by atoms with Crippen LogP contribution in [0.1, 0.15) is 61.4 Å². The Morgan fingerprint density at radius 2 is 1.88 bits per heavy atom. The first-order chi connectivity index (χ1) is 15.8. The zero-order valence-electron chi connectivity index (χ0n) is 18.5. The molecule has 5 nitrogen and oxygen atoms in total. The number of carbonyl (C=O) groups excluding carboxylic acids is 1. The fourth-order valence-corrected chi connectivity index (χ4v) is 4.83. The number of hydrogen-bond donors (Lipinski definition) is 0. The van der Waals surface area contributed by atoms with Crippen molar-refractivity contribution in [2.24, 2.45) is 0 Å². The third kappa shape index (κ3) is 4.53. The normalized spacial score (nSPS) is 14.5. The van der Waals surface area contributed by atoms with Gasteiger partial charge in [0.25, 0.3) is 0 Å². The molecule has 1 aliphatic heterocycles. The summed E-state index contributed by atoms with van der Waals surface area (Å²) in [5.74, 6) is 0.553. The maximum Gasteiger partial charge on any atom is 0.573 e. The summed E-state index contributed by atoms with van der Waals surface area (Å²) in [5, 5.41) is 0.546. The van der Waals surface area contributed by atoms with E-state index in [9.17, 15) is 18.0 Å². The van der Waals surface area contributed by atoms with Crippen LogP contribution in [0.3, 0.4) is 0 Å². The van der Waals surface area contributed by atoms with Gasteiger partial charge in [-0.05, 0) is 61.4 Å². The first kappa shape index (κ1) is 23.4. The van der Waals surface area contributed by atoms with Gasteiger partial charge in [-0.1, -0.05) is 31.5 Å². The van der Waals surface area contributed by atoms with E-state index in [4.69, 9.17) is 16.6 Å². The Morgan fingerprint density at radius 3 is 2.55 bits per heavy atom. The molecule has 0 spiro atoms. The van der Waals surface area contributed by atoms with Crippen molar-refractivity contribution in [1.29, 1.82) is 0 Å². The molecule has 0 saturated heterocycles. The quantitative estimate of drug-likeness (QED) is 0.350. The molecule has 176 valence electrons. The van der Waals surface area contributed by atoms with Crippen molar-refractivity contribution in [2.45, 2.75) is 58.4 Å². The van der Waals surface area contributed by atoms with Crippen LogP contribution in [-0.2, 0) is 6.54 Å². The summed E-state index contributed by atoms with van der Waals surface area (Å²) in [5.41, 5.74) is 3.46. The van der Waals surface area contributed by atoms with Gasteiger partial charge in [0.2, 0.25) is 5.95 Å². The number of halogens is 4. The lowest BCUT2D eigenvalue weighted by Gasteiger charge is -2.24. The highest BCUT2D eigenvalue weighted by atomic mass is 35.5. The number of aldehydes is 1. The summed E-state index contributed by atoms with van der Waals surface area (Å²) in [4.78, 5) is 18.6. The summed E-state index contributed by atoms with van der Waals surface area (Å²) >= 11 is 6.54. The van der Waals surface area contributed by atoms with Crippen molar-refractivity contribution in [3.63, 3.8) is 0 Å². The molecule has 1 aliphatic rings. The molecule has 0 saturated carbocycles. The Balaban J connectivity index is 1.88. The van der Waals surface area contributed by atoms with Gasteiger partial charge >= 0.3 is 6.36 Å². The number of fused-ring (bicyclic) bond motifs is 3. The second-order valence-corrected chi connectivity index (χ2v) is 8.56. The summed E-state index contributed by atoms with van der Waals surface area (Å²) in [6.07, 6.45) is -0.596. The van der Waals surface area contributed by atoms with Gasteiger partial charge < -0.3 is 14.2 Å². The minimum absolute atomic E-state index is 0.101. The summed E-state index contributed by atoms with van der Waals surface area (Å²) < 4.78 is 44.1. The molecular formula is C24H25ClF3N3O2. The lowest BCUT2D eigenvalue weighted by molar-refractivity contribution is -0.274. The fraction of sp³-hybridized carbons (Fsp3) is 0.417. The van der Waals surface area contributed by atoms with Crippen molar-refractivity contribution in [1.82, 2.24) is 9.55 Å². The first-order valence-electron chi connectivity index (χ1n) is 11.1. The fourth-order valence-electron chi connectivity index (χ4n) is 4.63. The van der Waals surface area contributed by atoms with Crippen LogP contribution < -0.4 is 9.64 Å². The standard InChI is InChI=1S/C24H25ClF3N3O2/c1-3-15(4-2)18-8-9-19(25)21-22(18)31-12-6-5-11-30(23(31)29-21)20-10-7-17(13-16(20)14-32)33-24(26,27)28/h7-10,13-15H,3-6,11-12H2,1-2H3. The highest BCUT2D eigenvalue weighted by Gasteiger charge is 2.32. The number of benzene rings is 2. The van der Waals surface area contributed by atoms with Crippen molar-refractivity contribution >= 4 is 40.6 Å². The number of hydrogen-bond acceptors (Lipinski definition) is 4. The molecule has 2 aromatic carbocycles. The number of anilines is 2. The monoisotopic (exact) mass is 479 g/mol. The Hall–Kier alpha value is -2.74. The zero-order valence-corrected chi connectivity index (χ0v) is 19.2. The predicted molar refractivity (Wildman–Crippen MR) is 123 cm³/mol. The topological polar surface area (TPSA) is 47.4 Å². The van der Waals surface area contributed by atoms with E-state index in [2.05, 4.69) is 29.2 Å². The Labute approximate surface area is 195 Å². The summed E-state index contributed by atoms with van der Waals surface area (Å²) in [7, 11) is 0. The molecule has 0 radical (unpaired) electrons. The minimum Gasteiger partial charge on any atom is -0.406 e. The molecule has 0 N–H and O–H groups in total. The van der Waals surface area contributed by atoms with E-state index < -0.39 is 12.1 Å². The smallest absolute Gasteiger partial charge is 0.406 e. The van der Waals surface area contributed by atoms with Crippen LogP contribution in [0.25, 0.3) is 11.0 Å². The summed E-state index contributed by atoms with van der Waals surface area (Å²) in [6.45, 7) is 5.62. The average Bonchev–Trinajstić information content (AvgIpc) is 3.03. The third-order valence-electron chi connectivity index (χ3n) is 6.19. The number of ether oxygens (including phenoxy) is 1. The molecule has 0 aliphatic carbocycles. The highest BCUT2D eigenvalue weighted by molar-refractivity contribution is 6.35. The van der Waals surface area contributed by atoms with E-state index in [-0.39, 0.29) is 5.56 Å². The molecule has 0 bridgehead atoms. The molecule has 0 atom stereocenters. The van der Waals surface area contributed by atoms with Gasteiger partial charge in [-0.15, -0.1) is 13.2 Å². The molecule has 0 unspecified atom stereocenters. The lowest BCUT2D eigenvalue weighted by atomic mass is 9.93. The largest absolute Gasteiger partial charge is 0.573 e. The molecule has 33 heavy (non-hydrogen) atoms. The maximum absolute atomic E-state index is 12.7. The van der Waals surface area contributed by atoms with E-state index >= 15 is 0 Å². The van der Waals surface area contributed by atoms with Gasteiger partial charge in [-0.3, -0.25) is 4.79 Å². The van der Waals surface area contributed by atoms with E-state index in [0.29, 0.717) is 40.9 Å². The maximum atomic E-state index is 12.7. The van der Waals surface area contributed by atoms with Gasteiger partial charge in [0.15, 0.2) is 6.29 Å². The number of aryl methyl sites for hydroxylation is 1. The zero-order chi connectivity index (χ0) is 23.8. The van der Waals surface area contributed by atoms with Gasteiger partial charge in [0.1, 0.15) is 11.3 Å². The number of carbonyl (C=O) groups is 1. The lowest BCUT2D eigenvalue weighted by Crippen LogP contribution is -2.22. The van der Waals surface area contributed by atoms with Crippen molar-refractivity contribution < 1.29 is 22.7 Å². The molecule has 2 heterocycles. The molecule has 1 aromatic heterocycles. The molecule has 4 rings (SSSR count). The second kappa shape index (κ2) is 9.25. The van der Waals surface area contributed by atoms with Crippen molar-refractivity contribution in [3.8, 4) is 5.75 Å². The number of alkyl halides is 3. The van der Waals surface area contributed by atoms with E-state index in [1.165, 1.54) is 17.7 Å². The second-order valence-electron chi connectivity index (χ2n) is 8.16. The van der Waals surface area contributed by atoms with Crippen LogP contribution in [0, 0.1) is 0 Å². The van der Waals surface area contributed by atoms with Crippen LogP contribution in [-0.4, -0.2) is 28.7 Å². The third-order valence-corrected chi connectivity index (χ3v) is 6.49. The number of imidazole rings is 1. The van der Waals surface area contributed by atoms with Crippen LogP contribution in [0.5, 0.6) is 5.75 Å². The first-order valence-corrected chi connectivity index (χ1v) is 11.5. The van der Waals surface area contributed by atoms with Gasteiger partial charge in [0.05, 0.1) is 16.2 Å². The van der Waals surface area contributed by atoms with E-state index in [1.807, 2.05) is 11.0 Å². The van der Waals surface area contributed by atoms with E-state index in [0.717, 1.165) is 43.8 Å². The Morgan fingerprint density at radius 1 is 1.15 bits per heavy atom. The van der Waals surface area contributed by atoms with E-state index in [1.54, 1.807) is 0 Å². The number of aromatic nitrogens is 2. The van der Waals surface area contributed by atoms with Gasteiger partial charge in [-0.2, -0.15) is 0 Å². The Bertz CT molecular complexity index is 1170. The van der Waals surface area contributed by atoms with Gasteiger partial charge in [-0.25, -0.2) is 4.98 Å². The minimum atomic E-state index is -4.83. The van der Waals surface area contributed by atoms with Gasteiger partial charge in [0, 0.05) is 18.7 Å². The highest BCUT2D eigenvalue weighted by Crippen LogP contribution is 2.40. The summed E-state index contributed by atoms with van der Waals surface area (Å²) in [6, 6.07) is 7.73. The average molecular weight is 480 g/mol. The number of rotatable bonds is 6. The van der Waals surface area contributed by atoms with Crippen LogP contribution >= 0.6 is 11.6 Å². The Kier molecular flexibility index (Phi) is 6.56. The molecule has 0 amide bonds. The molecular weight excluding hydrogens is 455 g/mol.